The molecule has 5 rings (SSSR count). The second kappa shape index (κ2) is 6.56. The lowest BCUT2D eigenvalue weighted by Gasteiger charge is -2.28. The fourth-order valence-corrected chi connectivity index (χ4v) is 5.18. The summed E-state index contributed by atoms with van der Waals surface area (Å²) in [7, 11) is 0. The highest BCUT2D eigenvalue weighted by atomic mass is 16.7. The number of ether oxygens (including phenoxy) is 3. The van der Waals surface area contributed by atoms with Gasteiger partial charge in [0, 0.05) is 25.2 Å². The summed E-state index contributed by atoms with van der Waals surface area (Å²) in [6, 6.07) is 0. The number of rotatable bonds is 5. The molecule has 0 amide bonds. The zero-order chi connectivity index (χ0) is 20.4. The third-order valence-corrected chi connectivity index (χ3v) is 6.88. The minimum absolute atomic E-state index is 0.0793. The minimum atomic E-state index is -1.35. The third kappa shape index (κ3) is 3.03. The van der Waals surface area contributed by atoms with Gasteiger partial charge in [-0.3, -0.25) is 9.59 Å². The smallest absolute Gasteiger partial charge is 0.315 e. The number of carbonyl (C=O) groups is 2. The van der Waals surface area contributed by atoms with Crippen LogP contribution in [0.1, 0.15) is 46.5 Å². The van der Waals surface area contributed by atoms with Gasteiger partial charge in [-0.05, 0) is 43.3 Å². The monoisotopic (exact) mass is 388 g/mol. The van der Waals surface area contributed by atoms with Crippen LogP contribution in [0.3, 0.4) is 0 Å². The Balaban J connectivity index is 1.60. The molecule has 3 aliphatic carbocycles. The van der Waals surface area contributed by atoms with Gasteiger partial charge in [-0.1, -0.05) is 20.1 Å². The molecular weight excluding hydrogens is 360 g/mol. The molecule has 0 spiro atoms. The van der Waals surface area contributed by atoms with Crippen molar-refractivity contribution in [1.29, 1.82) is 0 Å². The van der Waals surface area contributed by atoms with E-state index >= 15 is 0 Å². The number of allylic oxidation sites excluding steroid dienone is 3. The Morgan fingerprint density at radius 1 is 1.32 bits per heavy atom. The van der Waals surface area contributed by atoms with E-state index in [0.29, 0.717) is 30.6 Å². The summed E-state index contributed by atoms with van der Waals surface area (Å²) >= 11 is 0. The van der Waals surface area contributed by atoms with Crippen molar-refractivity contribution in [2.45, 2.75) is 64.4 Å². The van der Waals surface area contributed by atoms with Gasteiger partial charge < -0.3 is 19.3 Å². The van der Waals surface area contributed by atoms with Crippen molar-refractivity contribution in [3.05, 3.63) is 35.8 Å². The summed E-state index contributed by atoms with van der Waals surface area (Å²) in [6.45, 7) is 13.3. The molecule has 2 saturated carbocycles. The van der Waals surface area contributed by atoms with Gasteiger partial charge in [0.2, 0.25) is 0 Å². The summed E-state index contributed by atoms with van der Waals surface area (Å²) in [5.74, 6) is -1.91. The van der Waals surface area contributed by atoms with E-state index in [4.69, 9.17) is 14.2 Å². The topological polar surface area (TPSA) is 82.1 Å². The van der Waals surface area contributed by atoms with Crippen LogP contribution >= 0.6 is 0 Å². The molecule has 152 valence electrons. The quantitative estimate of drug-likeness (QED) is 0.443. The van der Waals surface area contributed by atoms with Crippen LogP contribution in [0.15, 0.2) is 35.8 Å². The molecule has 0 radical (unpaired) electrons. The maximum atomic E-state index is 13.1. The lowest BCUT2D eigenvalue weighted by molar-refractivity contribution is -0.205. The molecule has 4 bridgehead atoms. The Labute approximate surface area is 165 Å². The molecule has 1 N–H and O–H groups in total. The van der Waals surface area contributed by atoms with Gasteiger partial charge in [0.05, 0.1) is 5.92 Å². The van der Waals surface area contributed by atoms with Crippen LogP contribution in [0.5, 0.6) is 0 Å². The highest BCUT2D eigenvalue weighted by Gasteiger charge is 2.63. The van der Waals surface area contributed by atoms with Gasteiger partial charge in [-0.25, -0.2) is 0 Å². The maximum Gasteiger partial charge on any atom is 0.315 e. The molecule has 0 aromatic heterocycles. The number of hydrogen-bond acceptors (Lipinski definition) is 6. The highest BCUT2D eigenvalue weighted by molar-refractivity contribution is 5.99. The molecule has 2 aliphatic heterocycles. The first-order valence-electron chi connectivity index (χ1n) is 9.97. The second-order valence-electron chi connectivity index (χ2n) is 8.95. The number of hydrogen-bond donors (Lipinski definition) is 1. The Kier molecular flexibility index (Phi) is 4.55. The fraction of sp³-hybridized carbons (Fsp3) is 0.636. The number of esters is 1. The van der Waals surface area contributed by atoms with Gasteiger partial charge in [-0.15, -0.1) is 0 Å². The molecule has 2 heterocycles. The highest BCUT2D eigenvalue weighted by Crippen LogP contribution is 2.56. The van der Waals surface area contributed by atoms with Gasteiger partial charge in [-0.2, -0.15) is 0 Å². The number of aliphatic hydroxyl groups is 1. The van der Waals surface area contributed by atoms with E-state index < -0.39 is 23.8 Å². The van der Waals surface area contributed by atoms with Crippen molar-refractivity contribution >= 4 is 11.8 Å². The zero-order valence-corrected chi connectivity index (χ0v) is 16.7. The number of fused-ring (bicyclic) bond motifs is 1. The third-order valence-electron chi connectivity index (χ3n) is 6.88. The molecule has 28 heavy (non-hydrogen) atoms. The van der Waals surface area contributed by atoms with Crippen molar-refractivity contribution in [3.63, 3.8) is 0 Å². The number of carbonyl (C=O) groups excluding carboxylic acids is 2. The first-order valence-corrected chi connectivity index (χ1v) is 9.97. The van der Waals surface area contributed by atoms with E-state index in [1.165, 1.54) is 0 Å². The molecule has 2 saturated heterocycles. The average Bonchev–Trinajstić information content (AvgIpc) is 3.09. The number of ketones is 1. The molecule has 7 atom stereocenters. The Hall–Kier alpha value is -1.92. The average molecular weight is 388 g/mol. The van der Waals surface area contributed by atoms with E-state index in [0.717, 1.165) is 5.57 Å². The Bertz CT molecular complexity index is 795. The van der Waals surface area contributed by atoms with Crippen LogP contribution < -0.4 is 0 Å². The van der Waals surface area contributed by atoms with Crippen LogP contribution in [-0.2, 0) is 23.8 Å². The molecule has 5 aliphatic rings. The van der Waals surface area contributed by atoms with E-state index in [9.17, 15) is 14.7 Å². The van der Waals surface area contributed by atoms with Crippen molar-refractivity contribution in [3.8, 4) is 0 Å². The first kappa shape index (κ1) is 19.4. The largest absolute Gasteiger partial charge is 0.488 e. The second-order valence-corrected chi connectivity index (χ2v) is 8.95. The van der Waals surface area contributed by atoms with Gasteiger partial charge in [0.15, 0.2) is 17.3 Å². The summed E-state index contributed by atoms with van der Waals surface area (Å²) in [5, 5.41) is 10.9. The first-order chi connectivity index (χ1) is 13.1. The SMILES string of the molecule is C=C(C)C(=C)OC1C2CC3CC(O)(CC2C(=O)OC2=C(C)C(C)CC2=O)OC31. The van der Waals surface area contributed by atoms with Crippen LogP contribution in [-0.4, -0.2) is 34.9 Å². The fourth-order valence-electron chi connectivity index (χ4n) is 5.18. The van der Waals surface area contributed by atoms with Crippen LogP contribution in [0.4, 0.5) is 0 Å². The molecule has 4 fully saturated rings. The molecule has 0 aromatic carbocycles. The Morgan fingerprint density at radius 2 is 2.04 bits per heavy atom. The van der Waals surface area contributed by atoms with Crippen LogP contribution in [0, 0.1) is 23.7 Å². The van der Waals surface area contributed by atoms with Gasteiger partial charge >= 0.3 is 5.97 Å². The summed E-state index contributed by atoms with van der Waals surface area (Å²) in [5.41, 5.74) is 1.51. The van der Waals surface area contributed by atoms with Crippen LogP contribution in [0.25, 0.3) is 0 Å². The summed E-state index contributed by atoms with van der Waals surface area (Å²) in [6.07, 6.45) is 1.04. The van der Waals surface area contributed by atoms with E-state index in [1.54, 1.807) is 0 Å². The maximum absolute atomic E-state index is 13.1. The van der Waals surface area contributed by atoms with Crippen molar-refractivity contribution in [2.75, 3.05) is 0 Å². The molecule has 6 nitrogen and oxygen atoms in total. The Morgan fingerprint density at radius 3 is 2.64 bits per heavy atom. The predicted octanol–water partition coefficient (Wildman–Crippen LogP) is 3.02. The molecule has 0 aromatic rings. The molecular formula is C22H28O6. The lowest BCUT2D eigenvalue weighted by Crippen LogP contribution is -2.36. The number of Topliss-reactive ketones (excluding diaryl/α,β-unsaturated/α-hetero) is 1. The van der Waals surface area contributed by atoms with Gasteiger partial charge in [0.1, 0.15) is 18.0 Å². The lowest BCUT2D eigenvalue weighted by atomic mass is 9.85. The van der Waals surface area contributed by atoms with Crippen molar-refractivity contribution in [2.24, 2.45) is 23.7 Å². The van der Waals surface area contributed by atoms with E-state index in [1.807, 2.05) is 20.8 Å². The zero-order valence-electron chi connectivity index (χ0n) is 16.7. The minimum Gasteiger partial charge on any atom is -0.488 e. The molecule has 6 heteroatoms. The summed E-state index contributed by atoms with van der Waals surface area (Å²) < 4.78 is 17.6. The summed E-state index contributed by atoms with van der Waals surface area (Å²) in [4.78, 5) is 25.3. The van der Waals surface area contributed by atoms with E-state index in [2.05, 4.69) is 13.2 Å². The molecule has 7 unspecified atom stereocenters. The van der Waals surface area contributed by atoms with Crippen molar-refractivity contribution < 1.29 is 28.9 Å². The normalized spacial score (nSPS) is 41.4. The van der Waals surface area contributed by atoms with E-state index in [-0.39, 0.29) is 41.8 Å². The van der Waals surface area contributed by atoms with Gasteiger partial charge in [0.25, 0.3) is 0 Å². The standard InChI is InChI=1S/C22H28O6/c1-10(2)13(5)26-20-15-7-14-8-22(25,28-19(14)20)9-16(15)21(24)27-18-12(4)11(3)6-17(18)23/h11,14-16,19-20,25H,1,5-9H2,2-4H3. The van der Waals surface area contributed by atoms with Crippen LogP contribution in [0.2, 0.25) is 0 Å². The van der Waals surface area contributed by atoms with Crippen molar-refractivity contribution in [1.82, 2.24) is 0 Å². The predicted molar refractivity (Wildman–Crippen MR) is 101 cm³/mol.